The number of likely N-dealkylation sites (N-methyl/N-ethyl adjacent to an activating group) is 1. The van der Waals surface area contributed by atoms with Crippen LogP contribution in [0, 0.1) is 0 Å². The molecule has 2 rings (SSSR count). The van der Waals surface area contributed by atoms with E-state index in [1.54, 1.807) is 6.92 Å². The number of rotatable bonds is 3. The van der Waals surface area contributed by atoms with Gasteiger partial charge in [0.15, 0.2) is 0 Å². The minimum atomic E-state index is -0.810. The van der Waals surface area contributed by atoms with Crippen molar-refractivity contribution in [3.05, 3.63) is 35.4 Å². The molecule has 17 heavy (non-hydrogen) atoms. The number of benzene rings is 1. The van der Waals surface area contributed by atoms with E-state index in [4.69, 9.17) is 9.84 Å². The molecule has 0 fully saturated rings. The lowest BCUT2D eigenvalue weighted by atomic mass is 9.97. The predicted octanol–water partition coefficient (Wildman–Crippen LogP) is 1.66. The summed E-state index contributed by atoms with van der Waals surface area (Å²) in [5.41, 5.74) is 2.32. The smallest absolute Gasteiger partial charge is 0.320 e. The molecule has 0 saturated heterocycles. The van der Waals surface area contributed by atoms with Crippen molar-refractivity contribution in [1.29, 1.82) is 0 Å². The van der Waals surface area contributed by atoms with Gasteiger partial charge < -0.3 is 9.84 Å². The quantitative estimate of drug-likeness (QED) is 0.865. The van der Waals surface area contributed by atoms with Gasteiger partial charge in [0.2, 0.25) is 0 Å². The fraction of sp³-hybridized carbons (Fsp3) is 0.462. The summed E-state index contributed by atoms with van der Waals surface area (Å²) in [6, 6.07) is 7.54. The van der Waals surface area contributed by atoms with Gasteiger partial charge in [-0.25, -0.2) is 0 Å². The number of nitrogens with zero attached hydrogens (tertiary/aromatic N) is 1. The van der Waals surface area contributed by atoms with Gasteiger partial charge in [-0.05, 0) is 25.1 Å². The minimum Gasteiger partial charge on any atom is -0.480 e. The van der Waals surface area contributed by atoms with Gasteiger partial charge in [-0.3, -0.25) is 9.69 Å². The average molecular weight is 235 g/mol. The molecule has 1 aliphatic heterocycles. The molecule has 2 unspecified atom stereocenters. The molecule has 2 atom stereocenters. The summed E-state index contributed by atoms with van der Waals surface area (Å²) in [6.45, 7) is 2.85. The van der Waals surface area contributed by atoms with Gasteiger partial charge in [-0.15, -0.1) is 0 Å². The molecule has 1 aromatic rings. The maximum Gasteiger partial charge on any atom is 0.320 e. The van der Waals surface area contributed by atoms with E-state index in [1.165, 1.54) is 5.56 Å². The fourth-order valence-electron chi connectivity index (χ4n) is 2.14. The highest BCUT2D eigenvalue weighted by Gasteiger charge is 2.29. The minimum absolute atomic E-state index is 0.0195. The lowest BCUT2D eigenvalue weighted by Gasteiger charge is -2.35. The van der Waals surface area contributed by atoms with Crippen molar-refractivity contribution in [2.45, 2.75) is 25.6 Å². The topological polar surface area (TPSA) is 49.8 Å². The zero-order valence-corrected chi connectivity index (χ0v) is 10.1. The molecule has 1 aromatic carbocycles. The summed E-state index contributed by atoms with van der Waals surface area (Å²) in [6.07, 6.45) is 0. The number of hydrogen-bond donors (Lipinski definition) is 1. The zero-order chi connectivity index (χ0) is 12.4. The Morgan fingerprint density at radius 1 is 1.53 bits per heavy atom. The molecule has 0 saturated carbocycles. The summed E-state index contributed by atoms with van der Waals surface area (Å²) in [5, 5.41) is 9.05. The van der Waals surface area contributed by atoms with Gasteiger partial charge >= 0.3 is 5.97 Å². The molecule has 4 heteroatoms. The third kappa shape index (κ3) is 2.33. The van der Waals surface area contributed by atoms with Gasteiger partial charge in [-0.1, -0.05) is 24.3 Å². The molecule has 0 spiro atoms. The third-order valence-electron chi connectivity index (χ3n) is 3.41. The van der Waals surface area contributed by atoms with Crippen LogP contribution in [-0.2, 0) is 16.1 Å². The van der Waals surface area contributed by atoms with Gasteiger partial charge in [-0.2, -0.15) is 0 Å². The van der Waals surface area contributed by atoms with Crippen LogP contribution in [0.3, 0.4) is 0 Å². The summed E-state index contributed by atoms with van der Waals surface area (Å²) in [5.74, 6) is -0.810. The Hall–Kier alpha value is -1.39. The van der Waals surface area contributed by atoms with Crippen LogP contribution in [0.1, 0.15) is 24.1 Å². The highest BCUT2D eigenvalue weighted by molar-refractivity contribution is 5.72. The summed E-state index contributed by atoms with van der Waals surface area (Å²) >= 11 is 0. The van der Waals surface area contributed by atoms with E-state index in [9.17, 15) is 4.79 Å². The highest BCUT2D eigenvalue weighted by atomic mass is 16.5. The lowest BCUT2D eigenvalue weighted by molar-refractivity contribution is -0.143. The summed E-state index contributed by atoms with van der Waals surface area (Å²) in [4.78, 5) is 12.9. The van der Waals surface area contributed by atoms with Crippen molar-refractivity contribution in [3.63, 3.8) is 0 Å². The highest BCUT2D eigenvalue weighted by Crippen LogP contribution is 2.29. The number of hydrogen-bond acceptors (Lipinski definition) is 3. The third-order valence-corrected chi connectivity index (χ3v) is 3.41. The van der Waals surface area contributed by atoms with E-state index in [0.717, 1.165) is 5.56 Å². The van der Waals surface area contributed by atoms with Crippen molar-refractivity contribution < 1.29 is 14.6 Å². The number of ether oxygens (including phenoxy) is 1. The first kappa shape index (κ1) is 12.1. The first-order valence-electron chi connectivity index (χ1n) is 5.71. The van der Waals surface area contributed by atoms with Crippen LogP contribution in [0.25, 0.3) is 0 Å². The molecule has 0 amide bonds. The SMILES string of the molecule is CC(C(=O)O)N(C)C1COCc2ccccc21. The Bertz CT molecular complexity index is 419. The largest absolute Gasteiger partial charge is 0.480 e. The van der Waals surface area contributed by atoms with Crippen molar-refractivity contribution >= 4 is 5.97 Å². The molecule has 0 aromatic heterocycles. The van der Waals surface area contributed by atoms with Crippen LogP contribution in [0.5, 0.6) is 0 Å². The fourth-order valence-corrected chi connectivity index (χ4v) is 2.14. The van der Waals surface area contributed by atoms with Crippen LogP contribution in [0.15, 0.2) is 24.3 Å². The molecular formula is C13H17NO3. The van der Waals surface area contributed by atoms with Crippen molar-refractivity contribution in [2.75, 3.05) is 13.7 Å². The molecule has 92 valence electrons. The predicted molar refractivity (Wildman–Crippen MR) is 63.7 cm³/mol. The van der Waals surface area contributed by atoms with E-state index in [1.807, 2.05) is 36.2 Å². The average Bonchev–Trinajstić information content (AvgIpc) is 2.36. The Kier molecular flexibility index (Phi) is 3.45. The van der Waals surface area contributed by atoms with Crippen LogP contribution in [0.2, 0.25) is 0 Å². The van der Waals surface area contributed by atoms with E-state index >= 15 is 0 Å². The number of aliphatic carboxylic acids is 1. The van der Waals surface area contributed by atoms with E-state index in [0.29, 0.717) is 13.2 Å². The van der Waals surface area contributed by atoms with E-state index in [2.05, 4.69) is 0 Å². The molecular weight excluding hydrogens is 218 g/mol. The molecule has 1 heterocycles. The van der Waals surface area contributed by atoms with E-state index < -0.39 is 12.0 Å². The first-order chi connectivity index (χ1) is 8.11. The monoisotopic (exact) mass is 235 g/mol. The maximum absolute atomic E-state index is 11.0. The molecule has 4 nitrogen and oxygen atoms in total. The van der Waals surface area contributed by atoms with Crippen LogP contribution in [0.4, 0.5) is 0 Å². The normalized spacial score (nSPS) is 21.0. The van der Waals surface area contributed by atoms with E-state index in [-0.39, 0.29) is 6.04 Å². The Balaban J connectivity index is 2.26. The second-order valence-corrected chi connectivity index (χ2v) is 4.41. The summed E-state index contributed by atoms with van der Waals surface area (Å²) in [7, 11) is 1.83. The van der Waals surface area contributed by atoms with Crippen molar-refractivity contribution in [2.24, 2.45) is 0 Å². The maximum atomic E-state index is 11.0. The standard InChI is InChI=1S/C13H17NO3/c1-9(13(15)16)14(2)12-8-17-7-10-5-3-4-6-11(10)12/h3-6,9,12H,7-8H2,1-2H3,(H,15,16). The molecule has 0 radical (unpaired) electrons. The Morgan fingerprint density at radius 3 is 2.94 bits per heavy atom. The zero-order valence-electron chi connectivity index (χ0n) is 10.1. The van der Waals surface area contributed by atoms with Gasteiger partial charge in [0.1, 0.15) is 6.04 Å². The van der Waals surface area contributed by atoms with Gasteiger partial charge in [0.05, 0.1) is 19.3 Å². The first-order valence-corrected chi connectivity index (χ1v) is 5.71. The summed E-state index contributed by atoms with van der Waals surface area (Å²) < 4.78 is 5.53. The second-order valence-electron chi connectivity index (χ2n) is 4.41. The molecule has 1 aliphatic rings. The van der Waals surface area contributed by atoms with Gasteiger partial charge in [0.25, 0.3) is 0 Å². The van der Waals surface area contributed by atoms with Crippen LogP contribution >= 0.6 is 0 Å². The Morgan fingerprint density at radius 2 is 2.24 bits per heavy atom. The number of fused-ring (bicyclic) bond motifs is 1. The molecule has 1 N–H and O–H groups in total. The number of carboxylic acid groups (broad SMARTS) is 1. The van der Waals surface area contributed by atoms with Gasteiger partial charge in [0, 0.05) is 0 Å². The van der Waals surface area contributed by atoms with Crippen LogP contribution < -0.4 is 0 Å². The number of carboxylic acids is 1. The lowest BCUT2D eigenvalue weighted by Crippen LogP contribution is -2.41. The van der Waals surface area contributed by atoms with Crippen molar-refractivity contribution in [3.8, 4) is 0 Å². The molecule has 0 bridgehead atoms. The van der Waals surface area contributed by atoms with Crippen molar-refractivity contribution in [1.82, 2.24) is 4.90 Å². The molecule has 0 aliphatic carbocycles. The van der Waals surface area contributed by atoms with Crippen LogP contribution in [-0.4, -0.2) is 35.7 Å². The number of carbonyl (C=O) groups is 1. The Labute approximate surface area is 101 Å². The second kappa shape index (κ2) is 4.85.